The summed E-state index contributed by atoms with van der Waals surface area (Å²) in [6.07, 6.45) is -0.998. The van der Waals surface area contributed by atoms with E-state index >= 15 is 0 Å². The maximum Gasteiger partial charge on any atom is 0.249 e. The zero-order chi connectivity index (χ0) is 20.8. The van der Waals surface area contributed by atoms with Crippen molar-refractivity contribution in [2.24, 2.45) is 5.41 Å². The number of amides is 2. The largest absolute Gasteiger partial charge is 0.383 e. The smallest absolute Gasteiger partial charge is 0.249 e. The molecule has 1 heterocycles. The maximum atomic E-state index is 12.5. The number of ether oxygens (including phenoxy) is 2. The van der Waals surface area contributed by atoms with Gasteiger partial charge >= 0.3 is 0 Å². The normalized spacial score (nSPS) is 21.5. The van der Waals surface area contributed by atoms with E-state index in [4.69, 9.17) is 9.47 Å². The van der Waals surface area contributed by atoms with Gasteiger partial charge in [-0.25, -0.2) is 0 Å². The third kappa shape index (κ3) is 6.58. The lowest BCUT2D eigenvalue weighted by atomic mass is 9.85. The van der Waals surface area contributed by atoms with Crippen molar-refractivity contribution >= 4 is 11.8 Å². The van der Waals surface area contributed by atoms with Gasteiger partial charge in [0.2, 0.25) is 11.8 Å². The third-order valence-corrected chi connectivity index (χ3v) is 4.72. The van der Waals surface area contributed by atoms with Crippen LogP contribution in [0, 0.1) is 5.41 Å². The standard InChI is InChI=1S/C21H32N2O5/c1-20(2)14-27-21(3,4)28-17(20)19(26)23-13-11-16(24)18(25)22-12-10-15-8-6-5-7-9-15/h5-9,16-17,24H,10-14H2,1-4H3,(H,22,25)(H,23,26)/t16-,17-/m0/s1. The van der Waals surface area contributed by atoms with Crippen molar-refractivity contribution in [1.82, 2.24) is 10.6 Å². The molecule has 3 N–H and O–H groups in total. The SMILES string of the molecule is CC1(C)OCC(C)(C)[C@H](C(=O)NCC[C@H](O)C(=O)NCCc2ccccc2)O1. The van der Waals surface area contributed by atoms with Crippen LogP contribution in [0.3, 0.4) is 0 Å². The van der Waals surface area contributed by atoms with E-state index in [0.29, 0.717) is 19.6 Å². The van der Waals surface area contributed by atoms with Crippen molar-refractivity contribution in [3.63, 3.8) is 0 Å². The fraction of sp³-hybridized carbons (Fsp3) is 0.619. The second kappa shape index (κ2) is 9.49. The lowest BCUT2D eigenvalue weighted by Gasteiger charge is -2.44. The molecule has 1 aromatic rings. The first-order valence-corrected chi connectivity index (χ1v) is 9.70. The van der Waals surface area contributed by atoms with Gasteiger partial charge in [0, 0.05) is 18.5 Å². The minimum absolute atomic E-state index is 0.135. The minimum Gasteiger partial charge on any atom is -0.383 e. The molecular formula is C21H32N2O5. The fourth-order valence-corrected chi connectivity index (χ4v) is 2.97. The van der Waals surface area contributed by atoms with Crippen molar-refractivity contribution in [2.75, 3.05) is 19.7 Å². The van der Waals surface area contributed by atoms with Gasteiger partial charge in [0.25, 0.3) is 0 Å². The second-order valence-corrected chi connectivity index (χ2v) is 8.30. The molecule has 1 fully saturated rings. The first-order chi connectivity index (χ1) is 13.1. The summed E-state index contributed by atoms with van der Waals surface area (Å²) >= 11 is 0. The molecule has 2 rings (SSSR count). The van der Waals surface area contributed by atoms with Gasteiger partial charge in [0.05, 0.1) is 6.61 Å². The fourth-order valence-electron chi connectivity index (χ4n) is 2.97. The summed E-state index contributed by atoms with van der Waals surface area (Å²) in [7, 11) is 0. The van der Waals surface area contributed by atoms with E-state index in [1.54, 1.807) is 13.8 Å². The zero-order valence-electron chi connectivity index (χ0n) is 17.2. The van der Waals surface area contributed by atoms with Crippen LogP contribution in [0.2, 0.25) is 0 Å². The summed E-state index contributed by atoms with van der Waals surface area (Å²) in [5, 5.41) is 15.5. The van der Waals surface area contributed by atoms with E-state index in [0.717, 1.165) is 5.56 Å². The number of hydrogen-bond acceptors (Lipinski definition) is 5. The number of benzene rings is 1. The number of rotatable bonds is 8. The molecule has 7 nitrogen and oxygen atoms in total. The van der Waals surface area contributed by atoms with E-state index in [1.807, 2.05) is 44.2 Å². The molecule has 0 bridgehead atoms. The molecule has 0 saturated carbocycles. The predicted molar refractivity (Wildman–Crippen MR) is 105 cm³/mol. The predicted octanol–water partition coefficient (Wildman–Crippen LogP) is 1.39. The van der Waals surface area contributed by atoms with E-state index in [2.05, 4.69) is 10.6 Å². The third-order valence-electron chi connectivity index (χ3n) is 4.72. The second-order valence-electron chi connectivity index (χ2n) is 8.30. The van der Waals surface area contributed by atoms with Crippen LogP contribution in [0.1, 0.15) is 39.7 Å². The Morgan fingerprint density at radius 3 is 2.50 bits per heavy atom. The Kier molecular flexibility index (Phi) is 7.57. The van der Waals surface area contributed by atoms with Crippen LogP contribution in [-0.2, 0) is 25.5 Å². The van der Waals surface area contributed by atoms with Gasteiger partial charge in [-0.15, -0.1) is 0 Å². The van der Waals surface area contributed by atoms with E-state index in [9.17, 15) is 14.7 Å². The molecule has 1 aromatic carbocycles. The molecule has 1 aliphatic heterocycles. The van der Waals surface area contributed by atoms with Gasteiger partial charge in [-0.05, 0) is 32.3 Å². The molecule has 2 atom stereocenters. The Balaban J connectivity index is 1.71. The summed E-state index contributed by atoms with van der Waals surface area (Å²) in [5.41, 5.74) is 0.652. The van der Waals surface area contributed by atoms with Crippen LogP contribution in [-0.4, -0.2) is 54.6 Å². The van der Waals surface area contributed by atoms with Gasteiger partial charge in [-0.1, -0.05) is 44.2 Å². The Hall–Kier alpha value is -1.96. The van der Waals surface area contributed by atoms with Crippen LogP contribution in [0.5, 0.6) is 0 Å². The summed E-state index contributed by atoms with van der Waals surface area (Å²) < 4.78 is 11.4. The Bertz CT molecular complexity index is 660. The van der Waals surface area contributed by atoms with Crippen LogP contribution in [0.25, 0.3) is 0 Å². The molecule has 0 spiro atoms. The Labute approximate surface area is 166 Å². The number of hydrogen-bond donors (Lipinski definition) is 3. The van der Waals surface area contributed by atoms with Crippen LogP contribution >= 0.6 is 0 Å². The average Bonchev–Trinajstić information content (AvgIpc) is 2.64. The van der Waals surface area contributed by atoms with Gasteiger partial charge < -0.3 is 25.2 Å². The highest BCUT2D eigenvalue weighted by atomic mass is 16.7. The molecule has 7 heteroatoms. The van der Waals surface area contributed by atoms with E-state index in [-0.39, 0.29) is 18.9 Å². The average molecular weight is 392 g/mol. The highest BCUT2D eigenvalue weighted by Crippen LogP contribution is 2.34. The molecule has 0 unspecified atom stereocenters. The summed E-state index contributed by atoms with van der Waals surface area (Å²) in [6.45, 7) is 8.39. The molecule has 0 radical (unpaired) electrons. The quantitative estimate of drug-likeness (QED) is 0.621. The molecule has 28 heavy (non-hydrogen) atoms. The maximum absolute atomic E-state index is 12.5. The lowest BCUT2D eigenvalue weighted by Crippen LogP contribution is -2.56. The Morgan fingerprint density at radius 1 is 1.14 bits per heavy atom. The molecule has 1 aliphatic rings. The molecule has 1 saturated heterocycles. The molecule has 2 amide bonds. The number of carbonyl (C=O) groups excluding carboxylic acids is 2. The summed E-state index contributed by atoms with van der Waals surface area (Å²) in [5.74, 6) is -1.53. The van der Waals surface area contributed by atoms with Crippen LogP contribution < -0.4 is 10.6 Å². The molecule has 156 valence electrons. The zero-order valence-corrected chi connectivity index (χ0v) is 17.2. The first-order valence-electron chi connectivity index (χ1n) is 9.70. The first kappa shape index (κ1) is 22.3. The minimum atomic E-state index is -1.17. The molecule has 0 aliphatic carbocycles. The van der Waals surface area contributed by atoms with Crippen molar-refractivity contribution in [3.05, 3.63) is 35.9 Å². The summed E-state index contributed by atoms with van der Waals surface area (Å²) in [6, 6.07) is 9.80. The highest BCUT2D eigenvalue weighted by molar-refractivity contribution is 5.82. The van der Waals surface area contributed by atoms with Gasteiger partial charge in [0.15, 0.2) is 5.79 Å². The van der Waals surface area contributed by atoms with Crippen molar-refractivity contribution in [2.45, 2.75) is 58.5 Å². The van der Waals surface area contributed by atoms with E-state index < -0.39 is 29.3 Å². The lowest BCUT2D eigenvalue weighted by molar-refractivity contribution is -0.304. The monoisotopic (exact) mass is 392 g/mol. The topological polar surface area (TPSA) is 96.9 Å². The molecular weight excluding hydrogens is 360 g/mol. The summed E-state index contributed by atoms with van der Waals surface area (Å²) in [4.78, 5) is 24.5. The van der Waals surface area contributed by atoms with Gasteiger partial charge in [0.1, 0.15) is 12.2 Å². The number of aliphatic hydroxyl groups excluding tert-OH is 1. The Morgan fingerprint density at radius 2 is 1.82 bits per heavy atom. The van der Waals surface area contributed by atoms with Crippen molar-refractivity contribution < 1.29 is 24.2 Å². The number of aliphatic hydroxyl groups is 1. The van der Waals surface area contributed by atoms with Crippen molar-refractivity contribution in [1.29, 1.82) is 0 Å². The van der Waals surface area contributed by atoms with Gasteiger partial charge in [-0.3, -0.25) is 9.59 Å². The van der Waals surface area contributed by atoms with Crippen LogP contribution in [0.15, 0.2) is 30.3 Å². The van der Waals surface area contributed by atoms with E-state index in [1.165, 1.54) is 0 Å². The number of carbonyl (C=O) groups is 2. The van der Waals surface area contributed by atoms with Gasteiger partial charge in [-0.2, -0.15) is 0 Å². The van der Waals surface area contributed by atoms with Crippen molar-refractivity contribution in [3.8, 4) is 0 Å². The number of nitrogens with one attached hydrogen (secondary N) is 2. The highest BCUT2D eigenvalue weighted by Gasteiger charge is 2.45. The van der Waals surface area contributed by atoms with Crippen LogP contribution in [0.4, 0.5) is 0 Å². The molecule has 0 aromatic heterocycles.